The van der Waals surface area contributed by atoms with E-state index in [0.29, 0.717) is 13.0 Å². The smallest absolute Gasteiger partial charge is 0.115 e. The number of ether oxygens (including phenoxy) is 1. The second-order valence-corrected chi connectivity index (χ2v) is 4.57. The van der Waals surface area contributed by atoms with Gasteiger partial charge in [-0.1, -0.05) is 36.4 Å². The molecule has 0 radical (unpaired) electrons. The number of hydrogen-bond acceptors (Lipinski definition) is 3. The molecule has 0 bridgehead atoms. The zero-order valence-corrected chi connectivity index (χ0v) is 10.9. The molecule has 100 valence electrons. The zero-order valence-electron chi connectivity index (χ0n) is 10.9. The van der Waals surface area contributed by atoms with Crippen LogP contribution in [0.5, 0.6) is 5.75 Å². The Labute approximate surface area is 113 Å². The highest BCUT2D eigenvalue weighted by Crippen LogP contribution is 2.21. The van der Waals surface area contributed by atoms with E-state index in [2.05, 4.69) is 0 Å². The van der Waals surface area contributed by atoms with Crippen LogP contribution in [0.3, 0.4) is 0 Å². The van der Waals surface area contributed by atoms with E-state index in [1.54, 1.807) is 25.3 Å². The van der Waals surface area contributed by atoms with Gasteiger partial charge in [-0.3, -0.25) is 0 Å². The maximum atomic E-state index is 10.2. The Bertz CT molecular complexity index is 537. The fourth-order valence-corrected chi connectivity index (χ4v) is 2.08. The highest BCUT2D eigenvalue weighted by Gasteiger charge is 2.09. The first-order chi connectivity index (χ1) is 9.19. The van der Waals surface area contributed by atoms with Crippen molar-refractivity contribution in [1.82, 2.24) is 0 Å². The molecule has 3 nitrogen and oxygen atoms in total. The second kappa shape index (κ2) is 6.36. The standard InChI is InChI=1S/C16H18O3/c1-19-11-13-5-2-6-14(8-13)16(18)10-12-4-3-7-15(17)9-12/h2-9,16-18H,10-11H2,1H3. The van der Waals surface area contributed by atoms with Crippen LogP contribution in [0, 0.1) is 0 Å². The van der Waals surface area contributed by atoms with Crippen LogP contribution < -0.4 is 0 Å². The van der Waals surface area contributed by atoms with Crippen LogP contribution in [-0.4, -0.2) is 17.3 Å². The van der Waals surface area contributed by atoms with Crippen molar-refractivity contribution in [3.8, 4) is 5.75 Å². The molecular weight excluding hydrogens is 240 g/mol. The van der Waals surface area contributed by atoms with Crippen LogP contribution in [0.2, 0.25) is 0 Å². The van der Waals surface area contributed by atoms with Crippen molar-refractivity contribution in [3.05, 3.63) is 65.2 Å². The number of rotatable bonds is 5. The summed E-state index contributed by atoms with van der Waals surface area (Å²) in [7, 11) is 1.65. The van der Waals surface area contributed by atoms with Crippen molar-refractivity contribution in [3.63, 3.8) is 0 Å². The van der Waals surface area contributed by atoms with E-state index in [0.717, 1.165) is 16.7 Å². The van der Waals surface area contributed by atoms with Crippen molar-refractivity contribution in [2.24, 2.45) is 0 Å². The van der Waals surface area contributed by atoms with Gasteiger partial charge in [-0.25, -0.2) is 0 Å². The van der Waals surface area contributed by atoms with Crippen molar-refractivity contribution < 1.29 is 14.9 Å². The molecule has 0 aromatic heterocycles. The maximum absolute atomic E-state index is 10.2. The molecule has 0 saturated heterocycles. The minimum Gasteiger partial charge on any atom is -0.508 e. The predicted octanol–water partition coefficient (Wildman–Crippen LogP) is 2.81. The van der Waals surface area contributed by atoms with Crippen LogP contribution in [0.25, 0.3) is 0 Å². The number of phenols is 1. The molecule has 3 heteroatoms. The van der Waals surface area contributed by atoms with Gasteiger partial charge < -0.3 is 14.9 Å². The molecular formula is C16H18O3. The van der Waals surface area contributed by atoms with Crippen LogP contribution in [-0.2, 0) is 17.8 Å². The van der Waals surface area contributed by atoms with Crippen LogP contribution in [0.15, 0.2) is 48.5 Å². The Morgan fingerprint density at radius 1 is 1.05 bits per heavy atom. The normalized spacial score (nSPS) is 12.3. The number of methoxy groups -OCH3 is 1. The molecule has 0 aliphatic rings. The first-order valence-electron chi connectivity index (χ1n) is 6.23. The molecule has 19 heavy (non-hydrogen) atoms. The van der Waals surface area contributed by atoms with Gasteiger partial charge in [0.05, 0.1) is 12.7 Å². The lowest BCUT2D eigenvalue weighted by molar-refractivity contribution is 0.175. The van der Waals surface area contributed by atoms with Gasteiger partial charge >= 0.3 is 0 Å². The highest BCUT2D eigenvalue weighted by molar-refractivity contribution is 5.30. The summed E-state index contributed by atoms with van der Waals surface area (Å²) in [5.41, 5.74) is 2.80. The molecule has 0 aliphatic carbocycles. The van der Waals surface area contributed by atoms with Gasteiger partial charge in [-0.15, -0.1) is 0 Å². The van der Waals surface area contributed by atoms with Gasteiger partial charge in [0.15, 0.2) is 0 Å². The summed E-state index contributed by atoms with van der Waals surface area (Å²) >= 11 is 0. The molecule has 0 heterocycles. The Hall–Kier alpha value is -1.84. The summed E-state index contributed by atoms with van der Waals surface area (Å²) < 4.78 is 5.08. The molecule has 0 saturated carbocycles. The molecule has 0 fully saturated rings. The van der Waals surface area contributed by atoms with Gasteiger partial charge in [0.1, 0.15) is 5.75 Å². The number of aliphatic hydroxyl groups is 1. The van der Waals surface area contributed by atoms with E-state index >= 15 is 0 Å². The van der Waals surface area contributed by atoms with Crippen LogP contribution in [0.4, 0.5) is 0 Å². The quantitative estimate of drug-likeness (QED) is 0.867. The van der Waals surface area contributed by atoms with Crippen LogP contribution >= 0.6 is 0 Å². The molecule has 0 amide bonds. The van der Waals surface area contributed by atoms with Gasteiger partial charge in [0.25, 0.3) is 0 Å². The zero-order chi connectivity index (χ0) is 13.7. The summed E-state index contributed by atoms with van der Waals surface area (Å²) in [6.07, 6.45) is -0.108. The summed E-state index contributed by atoms with van der Waals surface area (Å²) in [6.45, 7) is 0.534. The molecule has 2 aromatic rings. The SMILES string of the molecule is COCc1cccc(C(O)Cc2cccc(O)c2)c1. The Morgan fingerprint density at radius 2 is 1.79 bits per heavy atom. The first-order valence-corrected chi connectivity index (χ1v) is 6.23. The average Bonchev–Trinajstić information content (AvgIpc) is 2.39. The van der Waals surface area contributed by atoms with Crippen molar-refractivity contribution in [2.45, 2.75) is 19.1 Å². The molecule has 1 atom stereocenters. The average molecular weight is 258 g/mol. The fourth-order valence-electron chi connectivity index (χ4n) is 2.08. The van der Waals surface area contributed by atoms with Gasteiger partial charge in [0, 0.05) is 13.5 Å². The lowest BCUT2D eigenvalue weighted by atomic mass is 10.00. The number of benzene rings is 2. The summed E-state index contributed by atoms with van der Waals surface area (Å²) in [4.78, 5) is 0. The topological polar surface area (TPSA) is 49.7 Å². The maximum Gasteiger partial charge on any atom is 0.115 e. The molecule has 1 unspecified atom stereocenters. The third kappa shape index (κ3) is 3.81. The third-order valence-electron chi connectivity index (χ3n) is 2.99. The first kappa shape index (κ1) is 13.6. The van der Waals surface area contributed by atoms with E-state index < -0.39 is 6.10 Å². The van der Waals surface area contributed by atoms with Gasteiger partial charge in [0.2, 0.25) is 0 Å². The van der Waals surface area contributed by atoms with Gasteiger partial charge in [-0.2, -0.15) is 0 Å². The Balaban J connectivity index is 2.11. The van der Waals surface area contributed by atoms with E-state index in [1.807, 2.05) is 30.3 Å². The monoisotopic (exact) mass is 258 g/mol. The van der Waals surface area contributed by atoms with Crippen molar-refractivity contribution in [2.75, 3.05) is 7.11 Å². The van der Waals surface area contributed by atoms with E-state index in [4.69, 9.17) is 4.74 Å². The minimum atomic E-state index is -0.585. The minimum absolute atomic E-state index is 0.220. The lowest BCUT2D eigenvalue weighted by Crippen LogP contribution is -2.02. The van der Waals surface area contributed by atoms with E-state index in [9.17, 15) is 10.2 Å². The molecule has 0 aliphatic heterocycles. The fraction of sp³-hybridized carbons (Fsp3) is 0.250. The second-order valence-electron chi connectivity index (χ2n) is 4.57. The lowest BCUT2D eigenvalue weighted by Gasteiger charge is -2.12. The Kier molecular flexibility index (Phi) is 4.55. The summed E-state index contributed by atoms with van der Waals surface area (Å²) in [5.74, 6) is 0.220. The molecule has 2 rings (SSSR count). The van der Waals surface area contributed by atoms with Crippen molar-refractivity contribution >= 4 is 0 Å². The Morgan fingerprint density at radius 3 is 2.53 bits per heavy atom. The number of hydrogen-bond donors (Lipinski definition) is 2. The van der Waals surface area contributed by atoms with Crippen LogP contribution in [0.1, 0.15) is 22.8 Å². The highest BCUT2D eigenvalue weighted by atomic mass is 16.5. The molecule has 2 aromatic carbocycles. The number of aromatic hydroxyl groups is 1. The number of aliphatic hydroxyl groups excluding tert-OH is 1. The summed E-state index contributed by atoms with van der Waals surface area (Å²) in [5, 5.41) is 19.6. The summed E-state index contributed by atoms with van der Waals surface area (Å²) in [6, 6.07) is 14.7. The molecule has 2 N–H and O–H groups in total. The predicted molar refractivity (Wildman–Crippen MR) is 73.9 cm³/mol. The van der Waals surface area contributed by atoms with Crippen molar-refractivity contribution in [1.29, 1.82) is 0 Å². The van der Waals surface area contributed by atoms with E-state index in [-0.39, 0.29) is 5.75 Å². The third-order valence-corrected chi connectivity index (χ3v) is 2.99. The van der Waals surface area contributed by atoms with Gasteiger partial charge in [-0.05, 0) is 28.8 Å². The number of phenolic OH excluding ortho intramolecular Hbond substituents is 1. The largest absolute Gasteiger partial charge is 0.508 e. The van der Waals surface area contributed by atoms with E-state index in [1.165, 1.54) is 0 Å². The molecule has 0 spiro atoms.